The molecule has 1 aromatic heterocycles. The van der Waals surface area contributed by atoms with Crippen molar-refractivity contribution in [2.45, 2.75) is 12.5 Å². The van der Waals surface area contributed by atoms with Crippen LogP contribution < -0.4 is 5.73 Å². The average Bonchev–Trinajstić information content (AvgIpc) is 2.20. The lowest BCUT2D eigenvalue weighted by Gasteiger charge is -2.08. The van der Waals surface area contributed by atoms with Crippen molar-refractivity contribution in [1.29, 1.82) is 0 Å². The summed E-state index contributed by atoms with van der Waals surface area (Å²) in [4.78, 5) is 14.9. The number of nitrogens with zero attached hydrogens (tertiary/aromatic N) is 1. The summed E-state index contributed by atoms with van der Waals surface area (Å²) < 4.78 is 4.50. The molecule has 76 valence electrons. The highest BCUT2D eigenvalue weighted by atomic mass is 35.5. The molecule has 0 aliphatic heterocycles. The Hall–Kier alpha value is -1.13. The Balaban J connectivity index is 2.60. The first kappa shape index (κ1) is 10.9. The normalized spacial score (nSPS) is 12.2. The summed E-state index contributed by atoms with van der Waals surface area (Å²) in [7, 11) is 1.31. The van der Waals surface area contributed by atoms with Crippen LogP contribution in [0.1, 0.15) is 5.56 Å². The van der Waals surface area contributed by atoms with Crippen LogP contribution in [-0.4, -0.2) is 24.1 Å². The number of hydrogen-bond acceptors (Lipinski definition) is 4. The Labute approximate surface area is 87.0 Å². The van der Waals surface area contributed by atoms with Gasteiger partial charge in [-0.25, -0.2) is 4.98 Å². The van der Waals surface area contributed by atoms with Gasteiger partial charge in [0.2, 0.25) is 0 Å². The Morgan fingerprint density at radius 3 is 2.93 bits per heavy atom. The zero-order chi connectivity index (χ0) is 10.6. The number of rotatable bonds is 3. The van der Waals surface area contributed by atoms with E-state index < -0.39 is 12.0 Å². The van der Waals surface area contributed by atoms with Crippen molar-refractivity contribution in [2.24, 2.45) is 5.73 Å². The van der Waals surface area contributed by atoms with Crippen LogP contribution in [0.4, 0.5) is 0 Å². The van der Waals surface area contributed by atoms with E-state index in [1.807, 2.05) is 0 Å². The van der Waals surface area contributed by atoms with Gasteiger partial charge in [0.25, 0.3) is 0 Å². The van der Waals surface area contributed by atoms with Gasteiger partial charge in [-0.3, -0.25) is 4.79 Å². The van der Waals surface area contributed by atoms with Crippen LogP contribution in [-0.2, 0) is 16.0 Å². The Bertz CT molecular complexity index is 313. The Kier molecular flexibility index (Phi) is 3.85. The third kappa shape index (κ3) is 2.97. The average molecular weight is 215 g/mol. The minimum Gasteiger partial charge on any atom is -0.468 e. The topological polar surface area (TPSA) is 65.2 Å². The van der Waals surface area contributed by atoms with E-state index >= 15 is 0 Å². The fourth-order valence-corrected chi connectivity index (χ4v) is 1.13. The zero-order valence-electron chi connectivity index (χ0n) is 7.74. The monoisotopic (exact) mass is 214 g/mol. The molecule has 1 atom stereocenters. The molecule has 0 aromatic carbocycles. The predicted octanol–water partition coefficient (Wildman–Crippen LogP) is 0.778. The number of methoxy groups -OCH3 is 1. The maximum absolute atomic E-state index is 11.0. The molecule has 2 N–H and O–H groups in total. The molecule has 0 saturated heterocycles. The van der Waals surface area contributed by atoms with E-state index in [1.54, 1.807) is 18.3 Å². The Morgan fingerprint density at radius 1 is 1.71 bits per heavy atom. The van der Waals surface area contributed by atoms with Gasteiger partial charge in [0.15, 0.2) is 0 Å². The highest BCUT2D eigenvalue weighted by Gasteiger charge is 2.13. The van der Waals surface area contributed by atoms with Gasteiger partial charge in [-0.2, -0.15) is 0 Å². The van der Waals surface area contributed by atoms with Crippen LogP contribution in [0.2, 0.25) is 5.15 Å². The minimum atomic E-state index is -0.650. The van der Waals surface area contributed by atoms with Crippen molar-refractivity contribution in [3.63, 3.8) is 0 Å². The van der Waals surface area contributed by atoms with Crippen LogP contribution in [0, 0.1) is 0 Å². The molecule has 0 aliphatic carbocycles. The molecule has 5 heteroatoms. The van der Waals surface area contributed by atoms with E-state index in [4.69, 9.17) is 17.3 Å². The molecule has 0 aliphatic rings. The van der Waals surface area contributed by atoms with Gasteiger partial charge in [0, 0.05) is 6.20 Å². The van der Waals surface area contributed by atoms with E-state index in [0.29, 0.717) is 11.6 Å². The molecular formula is C9H11ClN2O2. The fourth-order valence-electron chi connectivity index (χ4n) is 1.02. The number of esters is 1. The summed E-state index contributed by atoms with van der Waals surface area (Å²) >= 11 is 5.60. The van der Waals surface area contributed by atoms with Crippen LogP contribution in [0.15, 0.2) is 18.3 Å². The van der Waals surface area contributed by atoms with E-state index in [0.717, 1.165) is 5.56 Å². The highest BCUT2D eigenvalue weighted by molar-refractivity contribution is 6.29. The fraction of sp³-hybridized carbons (Fsp3) is 0.333. The van der Waals surface area contributed by atoms with Crippen LogP contribution in [0.3, 0.4) is 0 Å². The maximum atomic E-state index is 11.0. The summed E-state index contributed by atoms with van der Waals surface area (Å²) in [5, 5.41) is 0.417. The minimum absolute atomic E-state index is 0.400. The third-order valence-corrected chi connectivity index (χ3v) is 1.97. The largest absolute Gasteiger partial charge is 0.468 e. The van der Waals surface area contributed by atoms with E-state index in [9.17, 15) is 4.79 Å². The molecule has 1 aromatic rings. The third-order valence-electron chi connectivity index (χ3n) is 1.75. The summed E-state index contributed by atoms with van der Waals surface area (Å²) in [6, 6.07) is 2.78. The number of aromatic nitrogens is 1. The van der Waals surface area contributed by atoms with Crippen molar-refractivity contribution in [1.82, 2.24) is 4.98 Å². The van der Waals surface area contributed by atoms with E-state index in [1.165, 1.54) is 7.11 Å². The quantitative estimate of drug-likeness (QED) is 0.597. The number of pyridine rings is 1. The second kappa shape index (κ2) is 4.93. The molecular weight excluding hydrogens is 204 g/mol. The second-order valence-electron chi connectivity index (χ2n) is 2.82. The second-order valence-corrected chi connectivity index (χ2v) is 3.21. The SMILES string of the molecule is COC(=O)[C@@H](N)Cc1ccc(Cl)nc1. The Morgan fingerprint density at radius 2 is 2.43 bits per heavy atom. The van der Waals surface area contributed by atoms with Gasteiger partial charge >= 0.3 is 5.97 Å². The lowest BCUT2D eigenvalue weighted by molar-refractivity contribution is -0.142. The summed E-state index contributed by atoms with van der Waals surface area (Å²) in [6.07, 6.45) is 1.99. The van der Waals surface area contributed by atoms with Crippen molar-refractivity contribution < 1.29 is 9.53 Å². The van der Waals surface area contributed by atoms with Gasteiger partial charge in [-0.1, -0.05) is 17.7 Å². The molecule has 0 unspecified atom stereocenters. The molecule has 0 bridgehead atoms. The smallest absolute Gasteiger partial charge is 0.322 e. The zero-order valence-corrected chi connectivity index (χ0v) is 8.49. The molecule has 0 fully saturated rings. The molecule has 14 heavy (non-hydrogen) atoms. The predicted molar refractivity (Wildman–Crippen MR) is 52.9 cm³/mol. The van der Waals surface area contributed by atoms with Crippen molar-refractivity contribution >= 4 is 17.6 Å². The van der Waals surface area contributed by atoms with Gasteiger partial charge in [0.1, 0.15) is 11.2 Å². The molecule has 0 spiro atoms. The standard InChI is InChI=1S/C9H11ClN2O2/c1-14-9(13)7(11)4-6-2-3-8(10)12-5-6/h2-3,5,7H,4,11H2,1H3/t7-/m0/s1. The van der Waals surface area contributed by atoms with Crippen molar-refractivity contribution in [2.75, 3.05) is 7.11 Å². The van der Waals surface area contributed by atoms with Gasteiger partial charge in [-0.05, 0) is 18.1 Å². The number of halogens is 1. The first-order valence-corrected chi connectivity index (χ1v) is 4.45. The van der Waals surface area contributed by atoms with Gasteiger partial charge in [-0.15, -0.1) is 0 Å². The summed E-state index contributed by atoms with van der Waals surface area (Å²) in [5.74, 6) is -0.431. The van der Waals surface area contributed by atoms with Crippen LogP contribution in [0.5, 0.6) is 0 Å². The summed E-state index contributed by atoms with van der Waals surface area (Å²) in [6.45, 7) is 0. The number of hydrogen-bond donors (Lipinski definition) is 1. The lowest BCUT2D eigenvalue weighted by atomic mass is 10.1. The van der Waals surface area contributed by atoms with E-state index in [2.05, 4.69) is 9.72 Å². The number of ether oxygens (including phenoxy) is 1. The van der Waals surface area contributed by atoms with Gasteiger partial charge < -0.3 is 10.5 Å². The van der Waals surface area contributed by atoms with Crippen molar-refractivity contribution in [3.8, 4) is 0 Å². The molecule has 0 saturated carbocycles. The van der Waals surface area contributed by atoms with Crippen molar-refractivity contribution in [3.05, 3.63) is 29.0 Å². The molecule has 0 radical (unpaired) electrons. The van der Waals surface area contributed by atoms with Crippen LogP contribution >= 0.6 is 11.6 Å². The number of carbonyl (C=O) groups is 1. The summed E-state index contributed by atoms with van der Waals surface area (Å²) in [5.41, 5.74) is 6.42. The molecule has 1 heterocycles. The number of carbonyl (C=O) groups excluding carboxylic acids is 1. The molecule has 4 nitrogen and oxygen atoms in total. The van der Waals surface area contributed by atoms with E-state index in [-0.39, 0.29) is 0 Å². The number of nitrogens with two attached hydrogens (primary N) is 1. The first-order chi connectivity index (χ1) is 6.63. The lowest BCUT2D eigenvalue weighted by Crippen LogP contribution is -2.33. The highest BCUT2D eigenvalue weighted by Crippen LogP contribution is 2.07. The first-order valence-electron chi connectivity index (χ1n) is 4.07. The van der Waals surface area contributed by atoms with Crippen LogP contribution in [0.25, 0.3) is 0 Å². The molecule has 1 rings (SSSR count). The van der Waals surface area contributed by atoms with Gasteiger partial charge in [0.05, 0.1) is 7.11 Å². The maximum Gasteiger partial charge on any atom is 0.322 e. The molecule has 0 amide bonds.